The molecule has 0 fully saturated rings. The van der Waals surface area contributed by atoms with Gasteiger partial charge in [0.2, 0.25) is 5.91 Å². The maximum Gasteiger partial charge on any atom is 0.244 e. The maximum atomic E-state index is 11.5. The summed E-state index contributed by atoms with van der Waals surface area (Å²) in [7, 11) is 0. The molecular formula is C15H22N2O2. The fraction of sp³-hybridized carbons (Fsp3) is 0.400. The first-order valence-corrected chi connectivity index (χ1v) is 6.51. The number of amides is 1. The van der Waals surface area contributed by atoms with Crippen molar-refractivity contribution in [3.8, 4) is 0 Å². The van der Waals surface area contributed by atoms with Crippen LogP contribution in [-0.4, -0.2) is 25.2 Å². The summed E-state index contributed by atoms with van der Waals surface area (Å²) in [4.78, 5) is 11.5. The third-order valence-corrected chi connectivity index (χ3v) is 2.41. The number of carbonyl (C=O) groups excluding carboxylic acids is 1. The highest BCUT2D eigenvalue weighted by molar-refractivity contribution is 5.91. The van der Waals surface area contributed by atoms with Crippen molar-refractivity contribution in [3.05, 3.63) is 35.9 Å². The number of nitrogen functional groups attached to an aromatic ring is 1. The molecule has 4 heteroatoms. The molecule has 1 rings (SSSR count). The van der Waals surface area contributed by atoms with Gasteiger partial charge in [0.15, 0.2) is 0 Å². The van der Waals surface area contributed by atoms with E-state index in [4.69, 9.17) is 10.5 Å². The molecule has 0 aliphatic carbocycles. The first kappa shape index (κ1) is 15.2. The van der Waals surface area contributed by atoms with Crippen LogP contribution in [0.1, 0.15) is 25.8 Å². The van der Waals surface area contributed by atoms with Gasteiger partial charge in [0.25, 0.3) is 0 Å². The second-order valence-electron chi connectivity index (χ2n) is 4.57. The van der Waals surface area contributed by atoms with Gasteiger partial charge in [-0.3, -0.25) is 4.79 Å². The standard InChI is InChI=1S/C15H22N2O2/c1-12(2)19-10-4-9-17-15(18)8-7-13-5-3-6-14(16)11-13/h3,5-8,11-12H,4,9-10,16H2,1-2H3,(H,17,18)/b8-7+. The van der Waals surface area contributed by atoms with Gasteiger partial charge in [0.05, 0.1) is 6.10 Å². The molecule has 0 aliphatic heterocycles. The Balaban J connectivity index is 2.24. The number of hydrogen-bond acceptors (Lipinski definition) is 3. The third-order valence-electron chi connectivity index (χ3n) is 2.41. The van der Waals surface area contributed by atoms with Crippen LogP contribution in [0.15, 0.2) is 30.3 Å². The van der Waals surface area contributed by atoms with Crippen molar-refractivity contribution in [2.45, 2.75) is 26.4 Å². The predicted octanol–water partition coefficient (Wildman–Crippen LogP) is 2.21. The van der Waals surface area contributed by atoms with Crippen molar-refractivity contribution in [3.63, 3.8) is 0 Å². The fourth-order valence-electron chi connectivity index (χ4n) is 1.50. The molecule has 0 saturated heterocycles. The van der Waals surface area contributed by atoms with Crippen LogP contribution >= 0.6 is 0 Å². The van der Waals surface area contributed by atoms with Crippen LogP contribution < -0.4 is 11.1 Å². The average Bonchev–Trinajstić information content (AvgIpc) is 2.35. The number of nitrogens with two attached hydrogens (primary N) is 1. The zero-order valence-corrected chi connectivity index (χ0v) is 11.6. The summed E-state index contributed by atoms with van der Waals surface area (Å²) in [6, 6.07) is 7.39. The number of benzene rings is 1. The fourth-order valence-corrected chi connectivity index (χ4v) is 1.50. The third kappa shape index (κ3) is 7.26. The summed E-state index contributed by atoms with van der Waals surface area (Å²) in [5.74, 6) is -0.105. The van der Waals surface area contributed by atoms with E-state index in [-0.39, 0.29) is 12.0 Å². The molecule has 0 saturated carbocycles. The zero-order chi connectivity index (χ0) is 14.1. The Bertz CT molecular complexity index is 428. The van der Waals surface area contributed by atoms with E-state index in [1.54, 1.807) is 6.08 Å². The minimum atomic E-state index is -0.105. The normalized spacial score (nSPS) is 11.1. The van der Waals surface area contributed by atoms with Crippen molar-refractivity contribution in [1.82, 2.24) is 5.32 Å². The molecule has 3 N–H and O–H groups in total. The van der Waals surface area contributed by atoms with Crippen LogP contribution in [0, 0.1) is 0 Å². The molecule has 4 nitrogen and oxygen atoms in total. The molecule has 1 aromatic carbocycles. The van der Waals surface area contributed by atoms with Gasteiger partial charge >= 0.3 is 0 Å². The quantitative estimate of drug-likeness (QED) is 0.450. The summed E-state index contributed by atoms with van der Waals surface area (Å²) in [5, 5.41) is 2.80. The second kappa shape index (κ2) is 8.32. The Morgan fingerprint density at radius 3 is 2.95 bits per heavy atom. The number of carbonyl (C=O) groups is 1. The van der Waals surface area contributed by atoms with Crippen LogP contribution in [0.5, 0.6) is 0 Å². The molecule has 0 spiro atoms. The van der Waals surface area contributed by atoms with Crippen LogP contribution in [-0.2, 0) is 9.53 Å². The summed E-state index contributed by atoms with van der Waals surface area (Å²) < 4.78 is 5.38. The van der Waals surface area contributed by atoms with Gasteiger partial charge in [0, 0.05) is 24.9 Å². The monoisotopic (exact) mass is 262 g/mol. The number of nitrogens with one attached hydrogen (secondary N) is 1. The van der Waals surface area contributed by atoms with Gasteiger partial charge in [-0.1, -0.05) is 12.1 Å². The predicted molar refractivity (Wildman–Crippen MR) is 78.6 cm³/mol. The molecule has 0 bridgehead atoms. The van der Waals surface area contributed by atoms with Gasteiger partial charge in [-0.25, -0.2) is 0 Å². The minimum absolute atomic E-state index is 0.105. The lowest BCUT2D eigenvalue weighted by Crippen LogP contribution is -2.23. The van der Waals surface area contributed by atoms with Crippen molar-refractivity contribution >= 4 is 17.7 Å². The highest BCUT2D eigenvalue weighted by Crippen LogP contribution is 2.07. The topological polar surface area (TPSA) is 64.3 Å². The average molecular weight is 262 g/mol. The minimum Gasteiger partial charge on any atom is -0.399 e. The molecule has 19 heavy (non-hydrogen) atoms. The molecule has 0 radical (unpaired) electrons. The lowest BCUT2D eigenvalue weighted by atomic mass is 10.2. The summed E-state index contributed by atoms with van der Waals surface area (Å²) in [6.45, 7) is 5.27. The van der Waals surface area contributed by atoms with Gasteiger partial charge in [-0.05, 0) is 44.0 Å². The van der Waals surface area contributed by atoms with Crippen LogP contribution in [0.25, 0.3) is 6.08 Å². The Labute approximate surface area is 114 Å². The molecule has 0 atom stereocenters. The molecule has 104 valence electrons. The highest BCUT2D eigenvalue weighted by Gasteiger charge is 1.96. The number of hydrogen-bond donors (Lipinski definition) is 2. The summed E-state index contributed by atoms with van der Waals surface area (Å²) in [5.41, 5.74) is 7.26. The van der Waals surface area contributed by atoms with E-state index in [2.05, 4.69) is 5.32 Å². The lowest BCUT2D eigenvalue weighted by molar-refractivity contribution is -0.116. The smallest absolute Gasteiger partial charge is 0.244 e. The second-order valence-corrected chi connectivity index (χ2v) is 4.57. The van der Waals surface area contributed by atoms with E-state index in [1.165, 1.54) is 6.08 Å². The molecule has 0 heterocycles. The Morgan fingerprint density at radius 1 is 1.47 bits per heavy atom. The summed E-state index contributed by atoms with van der Waals surface area (Å²) >= 11 is 0. The number of ether oxygens (including phenoxy) is 1. The van der Waals surface area contributed by atoms with Crippen molar-refractivity contribution in [1.29, 1.82) is 0 Å². The lowest BCUT2D eigenvalue weighted by Gasteiger charge is -2.07. The molecule has 0 unspecified atom stereocenters. The Morgan fingerprint density at radius 2 is 2.26 bits per heavy atom. The van der Waals surface area contributed by atoms with E-state index in [9.17, 15) is 4.79 Å². The summed E-state index contributed by atoms with van der Waals surface area (Å²) in [6.07, 6.45) is 4.31. The van der Waals surface area contributed by atoms with Gasteiger partial charge < -0.3 is 15.8 Å². The number of rotatable bonds is 7. The highest BCUT2D eigenvalue weighted by atomic mass is 16.5. The SMILES string of the molecule is CC(C)OCCCNC(=O)/C=C/c1cccc(N)c1. The van der Waals surface area contributed by atoms with Gasteiger partial charge in [-0.2, -0.15) is 0 Å². The van der Waals surface area contributed by atoms with E-state index in [0.29, 0.717) is 18.8 Å². The van der Waals surface area contributed by atoms with Crippen molar-refractivity contribution < 1.29 is 9.53 Å². The first-order chi connectivity index (χ1) is 9.08. The van der Waals surface area contributed by atoms with Crippen LogP contribution in [0.2, 0.25) is 0 Å². The molecular weight excluding hydrogens is 240 g/mol. The van der Waals surface area contributed by atoms with E-state index >= 15 is 0 Å². The van der Waals surface area contributed by atoms with Crippen LogP contribution in [0.3, 0.4) is 0 Å². The maximum absolute atomic E-state index is 11.5. The first-order valence-electron chi connectivity index (χ1n) is 6.51. The number of anilines is 1. The molecule has 1 amide bonds. The van der Waals surface area contributed by atoms with Crippen LogP contribution in [0.4, 0.5) is 5.69 Å². The zero-order valence-electron chi connectivity index (χ0n) is 11.6. The largest absolute Gasteiger partial charge is 0.399 e. The Kier molecular flexibility index (Phi) is 6.68. The van der Waals surface area contributed by atoms with Crippen molar-refractivity contribution in [2.75, 3.05) is 18.9 Å². The van der Waals surface area contributed by atoms with Gasteiger partial charge in [0.1, 0.15) is 0 Å². The molecule has 0 aliphatic rings. The molecule has 1 aromatic rings. The van der Waals surface area contributed by atoms with E-state index < -0.39 is 0 Å². The van der Waals surface area contributed by atoms with Gasteiger partial charge in [-0.15, -0.1) is 0 Å². The van der Waals surface area contributed by atoms with Crippen molar-refractivity contribution in [2.24, 2.45) is 0 Å². The Hall–Kier alpha value is -1.81. The van der Waals surface area contributed by atoms with E-state index in [0.717, 1.165) is 12.0 Å². The molecule has 0 aromatic heterocycles. The van der Waals surface area contributed by atoms with E-state index in [1.807, 2.05) is 38.1 Å².